The van der Waals surface area contributed by atoms with Crippen LogP contribution in [0.5, 0.6) is 0 Å². The lowest BCUT2D eigenvalue weighted by Gasteiger charge is -2.33. The molecule has 3 rings (SSSR count). The second kappa shape index (κ2) is 12.5. The summed E-state index contributed by atoms with van der Waals surface area (Å²) < 4.78 is 24.0. The Morgan fingerprint density at radius 1 is 0.645 bits per heavy atom. The first-order valence-electron chi connectivity index (χ1n) is 10.9. The minimum atomic E-state index is -0.0482. The summed E-state index contributed by atoms with van der Waals surface area (Å²) >= 11 is 7.42. The number of methoxy groups -OCH3 is 2. The van der Waals surface area contributed by atoms with Crippen LogP contribution >= 0.6 is 31.9 Å². The molecule has 1 aliphatic carbocycles. The highest BCUT2D eigenvalue weighted by atomic mass is 79.9. The van der Waals surface area contributed by atoms with Gasteiger partial charge in [0.05, 0.1) is 26.4 Å². The summed E-state index contributed by atoms with van der Waals surface area (Å²) in [6, 6.07) is 13.4. The lowest BCUT2D eigenvalue weighted by Crippen LogP contribution is -2.27. The highest BCUT2D eigenvalue weighted by Crippen LogP contribution is 2.54. The summed E-state index contributed by atoms with van der Waals surface area (Å²) in [6.45, 7) is 4.03. The van der Waals surface area contributed by atoms with Gasteiger partial charge in [-0.05, 0) is 72.2 Å². The van der Waals surface area contributed by atoms with E-state index in [0.29, 0.717) is 26.4 Å². The largest absolute Gasteiger partial charge is 0.382 e. The van der Waals surface area contributed by atoms with Gasteiger partial charge < -0.3 is 18.9 Å². The van der Waals surface area contributed by atoms with E-state index in [1.165, 1.54) is 22.3 Å². The van der Waals surface area contributed by atoms with E-state index in [1.807, 2.05) is 0 Å². The van der Waals surface area contributed by atoms with Gasteiger partial charge >= 0.3 is 0 Å². The zero-order valence-corrected chi connectivity index (χ0v) is 21.6. The van der Waals surface area contributed by atoms with E-state index in [9.17, 15) is 0 Å². The van der Waals surface area contributed by atoms with Crippen molar-refractivity contribution in [1.29, 1.82) is 0 Å². The van der Waals surface area contributed by atoms with Crippen LogP contribution in [0.2, 0.25) is 0 Å². The Balaban J connectivity index is 1.85. The van der Waals surface area contributed by atoms with E-state index in [0.717, 1.165) is 47.8 Å². The maximum Gasteiger partial charge on any atom is 0.0700 e. The first-order chi connectivity index (χ1) is 15.1. The lowest BCUT2D eigenvalue weighted by atomic mass is 9.71. The summed E-state index contributed by atoms with van der Waals surface area (Å²) in [5.74, 6) is 0. The summed E-state index contributed by atoms with van der Waals surface area (Å²) in [6.07, 6.45) is 4.05. The number of benzene rings is 2. The molecule has 1 aliphatic rings. The number of rotatable bonds is 14. The SMILES string of the molecule is COCCOCCCC1(CCCOCCOC)c2cc(Br)ccc2-c2ccc(Br)cc21. The Labute approximate surface area is 202 Å². The summed E-state index contributed by atoms with van der Waals surface area (Å²) in [5.41, 5.74) is 5.44. The Hall–Kier alpha value is -0.760. The van der Waals surface area contributed by atoms with Crippen LogP contribution < -0.4 is 0 Å². The normalized spacial score (nSPS) is 13.9. The first kappa shape index (κ1) is 24.9. The highest BCUT2D eigenvalue weighted by molar-refractivity contribution is 9.10. The summed E-state index contributed by atoms with van der Waals surface area (Å²) in [4.78, 5) is 0. The van der Waals surface area contributed by atoms with Crippen molar-refractivity contribution in [3.8, 4) is 11.1 Å². The van der Waals surface area contributed by atoms with Crippen molar-refractivity contribution in [3.05, 3.63) is 56.5 Å². The van der Waals surface area contributed by atoms with Crippen molar-refractivity contribution in [2.24, 2.45) is 0 Å². The molecule has 6 heteroatoms. The van der Waals surface area contributed by atoms with Crippen molar-refractivity contribution in [2.75, 3.05) is 53.9 Å². The van der Waals surface area contributed by atoms with Crippen LogP contribution in [0.4, 0.5) is 0 Å². The van der Waals surface area contributed by atoms with Gasteiger partial charge in [-0.2, -0.15) is 0 Å². The molecule has 0 heterocycles. The number of fused-ring (bicyclic) bond motifs is 3. The summed E-state index contributed by atoms with van der Waals surface area (Å²) in [5, 5.41) is 0. The Morgan fingerprint density at radius 3 is 1.52 bits per heavy atom. The second-order valence-electron chi connectivity index (χ2n) is 7.88. The molecule has 170 valence electrons. The maximum atomic E-state index is 5.79. The predicted octanol–water partition coefficient (Wildman–Crippen LogP) is 6.36. The number of hydrogen-bond acceptors (Lipinski definition) is 4. The molecule has 0 spiro atoms. The van der Waals surface area contributed by atoms with Crippen LogP contribution in [0, 0.1) is 0 Å². The molecular weight excluding hydrogens is 524 g/mol. The van der Waals surface area contributed by atoms with E-state index in [1.54, 1.807) is 14.2 Å². The molecule has 0 saturated carbocycles. The third-order valence-electron chi connectivity index (χ3n) is 5.93. The van der Waals surface area contributed by atoms with E-state index in [4.69, 9.17) is 18.9 Å². The number of ether oxygens (including phenoxy) is 4. The average molecular weight is 556 g/mol. The van der Waals surface area contributed by atoms with Gasteiger partial charge in [-0.15, -0.1) is 0 Å². The Bertz CT molecular complexity index is 771. The highest BCUT2D eigenvalue weighted by Gasteiger charge is 2.42. The van der Waals surface area contributed by atoms with Crippen LogP contribution in [-0.4, -0.2) is 53.9 Å². The van der Waals surface area contributed by atoms with Gasteiger partial charge in [0.2, 0.25) is 0 Å². The van der Waals surface area contributed by atoms with Crippen LogP contribution in [0.15, 0.2) is 45.3 Å². The van der Waals surface area contributed by atoms with Gasteiger partial charge in [0, 0.05) is 41.8 Å². The molecular formula is C25H32Br2O4. The van der Waals surface area contributed by atoms with Crippen molar-refractivity contribution in [1.82, 2.24) is 0 Å². The third kappa shape index (κ3) is 6.18. The molecule has 2 aromatic rings. The molecule has 0 saturated heterocycles. The standard InChI is InChI=1S/C25H32Br2O4/c1-28-13-15-30-11-3-9-25(10-4-12-31-16-14-29-2)23-17-19(26)5-7-21(23)22-8-6-20(27)18-24(22)25/h5-8,17-18H,3-4,9-16H2,1-2H3. The molecule has 0 fully saturated rings. The van der Waals surface area contributed by atoms with E-state index < -0.39 is 0 Å². The minimum Gasteiger partial charge on any atom is -0.382 e. The molecule has 0 aromatic heterocycles. The van der Waals surface area contributed by atoms with Crippen LogP contribution in [0.25, 0.3) is 11.1 Å². The molecule has 31 heavy (non-hydrogen) atoms. The van der Waals surface area contributed by atoms with E-state index >= 15 is 0 Å². The molecule has 0 N–H and O–H groups in total. The smallest absolute Gasteiger partial charge is 0.0700 e. The molecule has 0 atom stereocenters. The molecule has 0 bridgehead atoms. The molecule has 0 unspecified atom stereocenters. The van der Waals surface area contributed by atoms with Gasteiger partial charge in [-0.3, -0.25) is 0 Å². The zero-order valence-electron chi connectivity index (χ0n) is 18.4. The van der Waals surface area contributed by atoms with Gasteiger partial charge in [-0.25, -0.2) is 0 Å². The first-order valence-corrected chi connectivity index (χ1v) is 12.4. The third-order valence-corrected chi connectivity index (χ3v) is 6.92. The average Bonchev–Trinajstić information content (AvgIpc) is 3.02. The Morgan fingerprint density at radius 2 is 1.10 bits per heavy atom. The fraction of sp³-hybridized carbons (Fsp3) is 0.520. The molecule has 2 aromatic carbocycles. The van der Waals surface area contributed by atoms with Crippen LogP contribution in [0.1, 0.15) is 36.8 Å². The fourth-order valence-electron chi connectivity index (χ4n) is 4.54. The second-order valence-corrected chi connectivity index (χ2v) is 9.71. The van der Waals surface area contributed by atoms with Crippen LogP contribution in [-0.2, 0) is 24.4 Å². The van der Waals surface area contributed by atoms with Gasteiger partial charge in [0.25, 0.3) is 0 Å². The van der Waals surface area contributed by atoms with Crippen molar-refractivity contribution in [2.45, 2.75) is 31.1 Å². The van der Waals surface area contributed by atoms with Gasteiger partial charge in [-0.1, -0.05) is 44.0 Å². The molecule has 0 amide bonds. The van der Waals surface area contributed by atoms with E-state index in [-0.39, 0.29) is 5.41 Å². The quantitative estimate of drug-likeness (QED) is 0.254. The van der Waals surface area contributed by atoms with Gasteiger partial charge in [0.1, 0.15) is 0 Å². The summed E-state index contributed by atoms with van der Waals surface area (Å²) in [7, 11) is 3.41. The monoisotopic (exact) mass is 554 g/mol. The molecule has 0 aliphatic heterocycles. The topological polar surface area (TPSA) is 36.9 Å². The number of hydrogen-bond donors (Lipinski definition) is 0. The number of halogens is 2. The Kier molecular flexibility index (Phi) is 10.0. The zero-order chi connectivity index (χ0) is 22.1. The van der Waals surface area contributed by atoms with E-state index in [2.05, 4.69) is 68.3 Å². The fourth-order valence-corrected chi connectivity index (χ4v) is 5.27. The minimum absolute atomic E-state index is 0.0482. The van der Waals surface area contributed by atoms with Crippen LogP contribution in [0.3, 0.4) is 0 Å². The van der Waals surface area contributed by atoms with Crippen molar-refractivity contribution in [3.63, 3.8) is 0 Å². The maximum absolute atomic E-state index is 5.79. The lowest BCUT2D eigenvalue weighted by molar-refractivity contribution is 0.0629. The van der Waals surface area contributed by atoms with Crippen molar-refractivity contribution < 1.29 is 18.9 Å². The molecule has 0 radical (unpaired) electrons. The predicted molar refractivity (Wildman–Crippen MR) is 132 cm³/mol. The molecule has 4 nitrogen and oxygen atoms in total. The van der Waals surface area contributed by atoms with Gasteiger partial charge in [0.15, 0.2) is 0 Å². The van der Waals surface area contributed by atoms with Crippen molar-refractivity contribution >= 4 is 31.9 Å².